The standard InChI is InChI=1S/C7H5ClF2N2O/c8-4-1-3(2-13)5(11)6(12-4)7(9)10/h1-2,7H,11H2. The number of rotatable bonds is 2. The van der Waals surface area contributed by atoms with Gasteiger partial charge in [-0.2, -0.15) is 0 Å². The molecule has 0 aliphatic carbocycles. The number of pyridine rings is 1. The second-order valence-corrected chi connectivity index (χ2v) is 2.64. The molecule has 1 aromatic rings. The first kappa shape index (κ1) is 9.85. The third-order valence-electron chi connectivity index (χ3n) is 1.42. The van der Waals surface area contributed by atoms with Gasteiger partial charge in [0.1, 0.15) is 10.8 Å². The molecule has 70 valence electrons. The van der Waals surface area contributed by atoms with Crippen molar-refractivity contribution in [3.8, 4) is 0 Å². The molecular formula is C7H5ClF2N2O. The van der Waals surface area contributed by atoms with Crippen LogP contribution in [0.2, 0.25) is 5.15 Å². The smallest absolute Gasteiger partial charge is 0.282 e. The van der Waals surface area contributed by atoms with E-state index in [1.54, 1.807) is 0 Å². The SMILES string of the molecule is Nc1c(C=O)cc(Cl)nc1C(F)F. The van der Waals surface area contributed by atoms with Gasteiger partial charge in [0, 0.05) is 5.56 Å². The molecule has 0 amide bonds. The maximum atomic E-state index is 12.2. The van der Waals surface area contributed by atoms with Crippen molar-refractivity contribution >= 4 is 23.6 Å². The highest BCUT2D eigenvalue weighted by molar-refractivity contribution is 6.29. The lowest BCUT2D eigenvalue weighted by Gasteiger charge is -2.05. The van der Waals surface area contributed by atoms with E-state index in [2.05, 4.69) is 4.98 Å². The van der Waals surface area contributed by atoms with Crippen LogP contribution in [-0.4, -0.2) is 11.3 Å². The number of alkyl halides is 2. The first-order chi connectivity index (χ1) is 6.06. The zero-order valence-electron chi connectivity index (χ0n) is 6.30. The van der Waals surface area contributed by atoms with Crippen LogP contribution >= 0.6 is 11.6 Å². The second-order valence-electron chi connectivity index (χ2n) is 2.25. The molecule has 0 saturated carbocycles. The molecule has 1 aromatic heterocycles. The number of carbonyl (C=O) groups excluding carboxylic acids is 1. The summed E-state index contributed by atoms with van der Waals surface area (Å²) in [5.41, 5.74) is 4.18. The molecule has 13 heavy (non-hydrogen) atoms. The summed E-state index contributed by atoms with van der Waals surface area (Å²) in [4.78, 5) is 13.7. The van der Waals surface area contributed by atoms with Gasteiger partial charge in [-0.25, -0.2) is 13.8 Å². The van der Waals surface area contributed by atoms with Gasteiger partial charge in [0.25, 0.3) is 6.43 Å². The van der Waals surface area contributed by atoms with Crippen molar-refractivity contribution in [3.63, 3.8) is 0 Å². The quantitative estimate of drug-likeness (QED) is 0.595. The Morgan fingerprint density at radius 2 is 2.23 bits per heavy atom. The van der Waals surface area contributed by atoms with E-state index in [1.165, 1.54) is 0 Å². The van der Waals surface area contributed by atoms with Crippen LogP contribution < -0.4 is 5.73 Å². The number of halogens is 3. The number of hydrogen-bond acceptors (Lipinski definition) is 3. The predicted molar refractivity (Wildman–Crippen MR) is 44.0 cm³/mol. The molecule has 0 unspecified atom stereocenters. The topological polar surface area (TPSA) is 56.0 Å². The van der Waals surface area contributed by atoms with Crippen LogP contribution in [-0.2, 0) is 0 Å². The van der Waals surface area contributed by atoms with Gasteiger partial charge in [0.2, 0.25) is 0 Å². The highest BCUT2D eigenvalue weighted by Gasteiger charge is 2.16. The first-order valence-electron chi connectivity index (χ1n) is 3.25. The summed E-state index contributed by atoms with van der Waals surface area (Å²) in [5.74, 6) is 0. The molecule has 6 heteroatoms. The van der Waals surface area contributed by atoms with E-state index < -0.39 is 12.1 Å². The Kier molecular flexibility index (Phi) is 2.77. The average Bonchev–Trinajstić information content (AvgIpc) is 2.08. The van der Waals surface area contributed by atoms with Crippen LogP contribution in [0.5, 0.6) is 0 Å². The number of nitrogens with zero attached hydrogens (tertiary/aromatic N) is 1. The molecule has 0 aliphatic heterocycles. The minimum absolute atomic E-state index is 0.0738. The lowest BCUT2D eigenvalue weighted by Crippen LogP contribution is -2.03. The van der Waals surface area contributed by atoms with E-state index in [0.29, 0.717) is 6.29 Å². The Morgan fingerprint density at radius 3 is 2.69 bits per heavy atom. The van der Waals surface area contributed by atoms with Crippen molar-refractivity contribution in [2.24, 2.45) is 0 Å². The van der Waals surface area contributed by atoms with Gasteiger partial charge in [-0.05, 0) is 6.07 Å². The average molecular weight is 207 g/mol. The molecule has 3 nitrogen and oxygen atoms in total. The molecule has 1 heterocycles. The van der Waals surface area contributed by atoms with Gasteiger partial charge in [-0.15, -0.1) is 0 Å². The number of nitrogen functional groups attached to an aromatic ring is 1. The fourth-order valence-corrected chi connectivity index (χ4v) is 1.03. The number of anilines is 1. The monoisotopic (exact) mass is 206 g/mol. The number of aromatic nitrogens is 1. The Hall–Kier alpha value is -1.23. The van der Waals surface area contributed by atoms with Gasteiger partial charge < -0.3 is 5.73 Å². The molecule has 2 N–H and O–H groups in total. The second kappa shape index (κ2) is 3.66. The maximum Gasteiger partial charge on any atom is 0.282 e. The summed E-state index contributed by atoms with van der Waals surface area (Å²) in [7, 11) is 0. The van der Waals surface area contributed by atoms with Crippen LogP contribution in [0.3, 0.4) is 0 Å². The summed E-state index contributed by atoms with van der Waals surface area (Å²) in [5, 5.41) is -0.174. The number of aldehydes is 1. The minimum Gasteiger partial charge on any atom is -0.396 e. The van der Waals surface area contributed by atoms with Crippen LogP contribution in [0.1, 0.15) is 22.5 Å². The summed E-state index contributed by atoms with van der Waals surface area (Å²) in [6.45, 7) is 0. The van der Waals surface area contributed by atoms with Crippen molar-refractivity contribution < 1.29 is 13.6 Å². The maximum absolute atomic E-state index is 12.2. The van der Waals surface area contributed by atoms with E-state index in [1.807, 2.05) is 0 Å². The van der Waals surface area contributed by atoms with Gasteiger partial charge in [0.15, 0.2) is 6.29 Å². The van der Waals surface area contributed by atoms with E-state index in [-0.39, 0.29) is 16.4 Å². The van der Waals surface area contributed by atoms with Gasteiger partial charge in [0.05, 0.1) is 5.69 Å². The van der Waals surface area contributed by atoms with E-state index in [9.17, 15) is 13.6 Å². The normalized spacial score (nSPS) is 10.5. The molecule has 0 aromatic carbocycles. The molecular weight excluding hydrogens is 202 g/mol. The highest BCUT2D eigenvalue weighted by Crippen LogP contribution is 2.26. The third kappa shape index (κ3) is 1.92. The van der Waals surface area contributed by atoms with Crippen LogP contribution in [0.4, 0.5) is 14.5 Å². The predicted octanol–water partition coefficient (Wildman–Crippen LogP) is 2.07. The van der Waals surface area contributed by atoms with Crippen molar-refractivity contribution in [1.82, 2.24) is 4.98 Å². The highest BCUT2D eigenvalue weighted by atomic mass is 35.5. The Balaban J connectivity index is 3.35. The zero-order chi connectivity index (χ0) is 10.0. The molecule has 0 bridgehead atoms. The summed E-state index contributed by atoms with van der Waals surface area (Å²) in [6, 6.07) is 1.13. The fraction of sp³-hybridized carbons (Fsp3) is 0.143. The summed E-state index contributed by atoms with van der Waals surface area (Å²) < 4.78 is 24.4. The van der Waals surface area contributed by atoms with E-state index >= 15 is 0 Å². The van der Waals surface area contributed by atoms with Crippen LogP contribution in [0, 0.1) is 0 Å². The zero-order valence-corrected chi connectivity index (χ0v) is 7.05. The third-order valence-corrected chi connectivity index (χ3v) is 1.62. The Morgan fingerprint density at radius 1 is 1.62 bits per heavy atom. The number of hydrogen-bond donors (Lipinski definition) is 1. The Labute approximate surface area is 77.5 Å². The van der Waals surface area contributed by atoms with Gasteiger partial charge >= 0.3 is 0 Å². The largest absolute Gasteiger partial charge is 0.396 e. The summed E-state index contributed by atoms with van der Waals surface area (Å²) in [6.07, 6.45) is -2.48. The minimum atomic E-state index is -2.84. The van der Waals surface area contributed by atoms with Gasteiger partial charge in [-0.1, -0.05) is 11.6 Å². The van der Waals surface area contributed by atoms with Crippen LogP contribution in [0.15, 0.2) is 6.07 Å². The van der Waals surface area contributed by atoms with Gasteiger partial charge in [-0.3, -0.25) is 4.79 Å². The molecule has 0 aliphatic rings. The van der Waals surface area contributed by atoms with Crippen molar-refractivity contribution in [2.45, 2.75) is 6.43 Å². The molecule has 0 spiro atoms. The molecule has 0 atom stereocenters. The lowest BCUT2D eigenvalue weighted by molar-refractivity contribution is 0.112. The molecule has 0 radical (unpaired) electrons. The van der Waals surface area contributed by atoms with Crippen LogP contribution in [0.25, 0.3) is 0 Å². The molecule has 0 saturated heterocycles. The Bertz CT molecular complexity index is 344. The van der Waals surface area contributed by atoms with Crippen molar-refractivity contribution in [2.75, 3.05) is 5.73 Å². The number of nitrogens with two attached hydrogens (primary N) is 1. The van der Waals surface area contributed by atoms with E-state index in [0.717, 1.165) is 6.07 Å². The molecule has 0 fully saturated rings. The van der Waals surface area contributed by atoms with Crippen molar-refractivity contribution in [1.29, 1.82) is 0 Å². The number of carbonyl (C=O) groups is 1. The first-order valence-corrected chi connectivity index (χ1v) is 3.63. The van der Waals surface area contributed by atoms with Crippen molar-refractivity contribution in [3.05, 3.63) is 22.5 Å². The van der Waals surface area contributed by atoms with E-state index in [4.69, 9.17) is 17.3 Å². The molecule has 1 rings (SSSR count). The summed E-state index contributed by atoms with van der Waals surface area (Å²) >= 11 is 5.39. The lowest BCUT2D eigenvalue weighted by atomic mass is 10.2. The fourth-order valence-electron chi connectivity index (χ4n) is 0.825.